The van der Waals surface area contributed by atoms with Gasteiger partial charge < -0.3 is 4.57 Å². The van der Waals surface area contributed by atoms with Crippen LogP contribution in [0.4, 0.5) is 0 Å². The minimum absolute atomic E-state index is 0.0581. The topological polar surface area (TPSA) is 82.9 Å². The predicted octanol–water partition coefficient (Wildman–Crippen LogP) is 10.8. The highest BCUT2D eigenvalue weighted by Crippen LogP contribution is 2.39. The molecule has 12 aromatic rings. The fourth-order valence-corrected chi connectivity index (χ4v) is 9.28. The molecular formula is C47H27N7OS. The van der Waals surface area contributed by atoms with Crippen LogP contribution >= 0.6 is 11.3 Å². The van der Waals surface area contributed by atoms with Crippen LogP contribution in [-0.4, -0.2) is 33.5 Å². The Labute approximate surface area is 321 Å². The molecule has 7 aromatic carbocycles. The number of hydrogen-bond acceptors (Lipinski definition) is 6. The first-order valence-corrected chi connectivity index (χ1v) is 19.2. The van der Waals surface area contributed by atoms with E-state index in [0.29, 0.717) is 27.9 Å². The number of nitrogens with zero attached hydrogens (tertiary/aromatic N) is 7. The normalized spacial score (nSPS) is 12.0. The van der Waals surface area contributed by atoms with Gasteiger partial charge in [-0.25, -0.2) is 14.4 Å². The number of hydrogen-bond donors (Lipinski definition) is 0. The molecule has 0 aliphatic rings. The minimum atomic E-state index is -0.0581. The summed E-state index contributed by atoms with van der Waals surface area (Å²) in [7, 11) is 0. The van der Waals surface area contributed by atoms with E-state index in [9.17, 15) is 4.79 Å². The molecule has 0 radical (unpaired) electrons. The summed E-state index contributed by atoms with van der Waals surface area (Å²) in [6, 6.07) is 55.4. The second kappa shape index (κ2) is 11.8. The van der Waals surface area contributed by atoms with Gasteiger partial charge in [-0.2, -0.15) is 9.97 Å². The van der Waals surface area contributed by atoms with E-state index >= 15 is 0 Å². The molecule has 5 aromatic heterocycles. The van der Waals surface area contributed by atoms with Gasteiger partial charge >= 0.3 is 0 Å². The van der Waals surface area contributed by atoms with E-state index < -0.39 is 0 Å². The molecule has 0 aliphatic heterocycles. The third-order valence-electron chi connectivity index (χ3n) is 10.8. The molecule has 9 heteroatoms. The van der Waals surface area contributed by atoms with Gasteiger partial charge in [0.1, 0.15) is 5.52 Å². The minimum Gasteiger partial charge on any atom is -0.307 e. The van der Waals surface area contributed by atoms with Crippen LogP contribution in [-0.2, 0) is 0 Å². The maximum atomic E-state index is 13.9. The van der Waals surface area contributed by atoms with Crippen LogP contribution in [0.3, 0.4) is 0 Å². The molecule has 0 spiro atoms. The van der Waals surface area contributed by atoms with Crippen molar-refractivity contribution < 1.29 is 0 Å². The van der Waals surface area contributed by atoms with Gasteiger partial charge in [-0.1, -0.05) is 121 Å². The second-order valence-electron chi connectivity index (χ2n) is 13.9. The van der Waals surface area contributed by atoms with E-state index in [4.69, 9.17) is 19.9 Å². The zero-order valence-electron chi connectivity index (χ0n) is 29.5. The van der Waals surface area contributed by atoms with Gasteiger partial charge in [0.15, 0.2) is 16.6 Å². The monoisotopic (exact) mass is 737 g/mol. The smallest absolute Gasteiger partial charge is 0.266 e. The number of benzene rings is 7. The Morgan fingerprint density at radius 2 is 1.02 bits per heavy atom. The summed E-state index contributed by atoms with van der Waals surface area (Å²) in [6.07, 6.45) is 0. The highest BCUT2D eigenvalue weighted by Gasteiger charge is 2.22. The first-order valence-electron chi connectivity index (χ1n) is 18.4. The predicted molar refractivity (Wildman–Crippen MR) is 227 cm³/mol. The lowest BCUT2D eigenvalue weighted by Crippen LogP contribution is -2.11. The zero-order valence-corrected chi connectivity index (χ0v) is 30.4. The molecule has 0 aliphatic carbocycles. The van der Waals surface area contributed by atoms with Gasteiger partial charge in [0.05, 0.1) is 33.0 Å². The fourth-order valence-electron chi connectivity index (χ4n) is 8.27. The Bertz CT molecular complexity index is 3560. The van der Waals surface area contributed by atoms with Gasteiger partial charge in [-0.05, 0) is 54.6 Å². The number of imidazole rings is 1. The second-order valence-corrected chi connectivity index (χ2v) is 14.9. The zero-order chi connectivity index (χ0) is 36.9. The lowest BCUT2D eigenvalue weighted by Gasteiger charge is -2.12. The van der Waals surface area contributed by atoms with E-state index in [1.165, 1.54) is 11.3 Å². The molecule has 262 valence electrons. The van der Waals surface area contributed by atoms with Crippen LogP contribution in [0.15, 0.2) is 169 Å². The molecule has 0 saturated carbocycles. The summed E-state index contributed by atoms with van der Waals surface area (Å²) in [4.78, 5) is 35.0. The molecule has 5 heterocycles. The Balaban J connectivity index is 1.14. The Morgan fingerprint density at radius 3 is 1.73 bits per heavy atom. The van der Waals surface area contributed by atoms with E-state index in [0.717, 1.165) is 76.2 Å². The summed E-state index contributed by atoms with van der Waals surface area (Å²) in [5.74, 6) is 1.75. The largest absolute Gasteiger partial charge is 0.307 e. The average Bonchev–Trinajstić information content (AvgIpc) is 3.92. The van der Waals surface area contributed by atoms with E-state index in [2.05, 4.69) is 81.9 Å². The number of fused-ring (bicyclic) bond motifs is 11. The standard InChI is InChI=1S/C47H27N7OS/c55-45-34-19-9-12-22-40(34)56-47-48-41-39(54(45)47)26-24-33-31-17-7-10-20-36(31)52(42(33)41)30-23-25-38-35(27-30)32-18-8-11-21-37(32)53(38)46-50-43(28-13-3-1-4-14-28)49-44(51-46)29-15-5-2-6-16-29/h1-27H. The Kier molecular flexibility index (Phi) is 6.49. The molecule has 0 amide bonds. The van der Waals surface area contributed by atoms with Crippen molar-refractivity contribution in [1.29, 1.82) is 0 Å². The third-order valence-corrected chi connectivity index (χ3v) is 11.8. The van der Waals surface area contributed by atoms with Crippen LogP contribution in [0.25, 0.3) is 104 Å². The van der Waals surface area contributed by atoms with E-state index in [1.807, 2.05) is 91.0 Å². The average molecular weight is 738 g/mol. The lowest BCUT2D eigenvalue weighted by molar-refractivity contribution is 0.953. The number of aromatic nitrogens is 7. The highest BCUT2D eigenvalue weighted by molar-refractivity contribution is 7.23. The molecule has 56 heavy (non-hydrogen) atoms. The van der Waals surface area contributed by atoms with Crippen LogP contribution in [0.1, 0.15) is 0 Å². The van der Waals surface area contributed by atoms with Crippen molar-refractivity contribution in [1.82, 2.24) is 33.5 Å². The van der Waals surface area contributed by atoms with Crippen LogP contribution < -0.4 is 5.56 Å². The van der Waals surface area contributed by atoms with Crippen molar-refractivity contribution in [3.8, 4) is 34.4 Å². The van der Waals surface area contributed by atoms with Crippen LogP contribution in [0.5, 0.6) is 0 Å². The third kappa shape index (κ3) is 4.43. The maximum Gasteiger partial charge on any atom is 0.266 e. The van der Waals surface area contributed by atoms with Gasteiger partial charge in [0.2, 0.25) is 5.95 Å². The van der Waals surface area contributed by atoms with Gasteiger partial charge in [-0.15, -0.1) is 0 Å². The number of rotatable bonds is 4. The molecule has 0 bridgehead atoms. The summed E-state index contributed by atoms with van der Waals surface area (Å²) in [6.45, 7) is 0. The number of para-hydroxylation sites is 2. The van der Waals surface area contributed by atoms with Crippen LogP contribution in [0.2, 0.25) is 0 Å². The van der Waals surface area contributed by atoms with Crippen molar-refractivity contribution in [2.75, 3.05) is 0 Å². The van der Waals surface area contributed by atoms with Crippen molar-refractivity contribution in [3.05, 3.63) is 174 Å². The first-order chi connectivity index (χ1) is 27.7. The Hall–Kier alpha value is -7.49. The van der Waals surface area contributed by atoms with Crippen molar-refractivity contribution in [3.63, 3.8) is 0 Å². The van der Waals surface area contributed by atoms with Gasteiger partial charge in [0, 0.05) is 43.1 Å². The van der Waals surface area contributed by atoms with Gasteiger partial charge in [-0.3, -0.25) is 9.36 Å². The molecule has 0 unspecified atom stereocenters. The highest BCUT2D eigenvalue weighted by atomic mass is 32.1. The molecule has 0 N–H and O–H groups in total. The van der Waals surface area contributed by atoms with E-state index in [1.54, 1.807) is 4.40 Å². The van der Waals surface area contributed by atoms with E-state index in [-0.39, 0.29) is 5.56 Å². The summed E-state index contributed by atoms with van der Waals surface area (Å²) >= 11 is 1.53. The molecule has 0 fully saturated rings. The Morgan fingerprint density at radius 1 is 0.446 bits per heavy atom. The molecular weight excluding hydrogens is 711 g/mol. The van der Waals surface area contributed by atoms with Crippen LogP contribution in [0, 0.1) is 0 Å². The van der Waals surface area contributed by atoms with Crippen molar-refractivity contribution in [2.45, 2.75) is 0 Å². The SMILES string of the molecule is O=c1c2ccccc2sc2nc3c4c(ccc3n12)c1ccccc1n4-c1ccc2c(c1)c1ccccc1n2-c1nc(-c2ccccc2)nc(-c2ccccc2)n1. The van der Waals surface area contributed by atoms with Gasteiger partial charge in [0.25, 0.3) is 5.56 Å². The summed E-state index contributed by atoms with van der Waals surface area (Å²) < 4.78 is 7.12. The molecule has 12 rings (SSSR count). The summed E-state index contributed by atoms with van der Waals surface area (Å²) in [5, 5.41) is 5.02. The van der Waals surface area contributed by atoms with Crippen molar-refractivity contribution >= 4 is 81.0 Å². The first kappa shape index (κ1) is 30.9. The quantitative estimate of drug-likeness (QED) is 0.180. The fraction of sp³-hybridized carbons (Fsp3) is 0. The maximum absolute atomic E-state index is 13.9. The summed E-state index contributed by atoms with van der Waals surface area (Å²) in [5.41, 5.74) is 8.32. The van der Waals surface area contributed by atoms with Crippen molar-refractivity contribution in [2.24, 2.45) is 0 Å². The molecule has 0 saturated heterocycles. The molecule has 8 nitrogen and oxygen atoms in total. The lowest BCUT2D eigenvalue weighted by atomic mass is 10.1. The molecule has 0 atom stereocenters.